The van der Waals surface area contributed by atoms with Gasteiger partial charge in [0.2, 0.25) is 18.5 Å². The molecular formula is C52H64N2O11. The van der Waals surface area contributed by atoms with Gasteiger partial charge in [-0.1, -0.05) is 61.9 Å². The summed E-state index contributed by atoms with van der Waals surface area (Å²) in [6.45, 7) is 4.81. The first-order valence-corrected chi connectivity index (χ1v) is 23.4. The fourth-order valence-electron chi connectivity index (χ4n) is 11.2. The van der Waals surface area contributed by atoms with E-state index in [0.717, 1.165) is 73.6 Å². The van der Waals surface area contributed by atoms with Crippen LogP contribution in [0.15, 0.2) is 84.1 Å². The molecule has 2 saturated carbocycles. The number of aliphatic hydroxyl groups excluding tert-OH is 2. The lowest BCUT2D eigenvalue weighted by atomic mass is 9.55. The summed E-state index contributed by atoms with van der Waals surface area (Å²) in [5.74, 6) is 1.88. The highest BCUT2D eigenvalue weighted by atomic mass is 16.7. The van der Waals surface area contributed by atoms with Crippen LogP contribution in [0, 0.1) is 23.7 Å². The first kappa shape index (κ1) is 46.2. The molecule has 6 atom stereocenters. The molecule has 2 aliphatic heterocycles. The fourth-order valence-corrected chi connectivity index (χ4v) is 11.2. The molecule has 2 N–H and O–H groups in total. The minimum atomic E-state index is -1.41. The van der Waals surface area contributed by atoms with Gasteiger partial charge in [-0.05, 0) is 110 Å². The first-order chi connectivity index (χ1) is 31.8. The SMILES string of the molecule is C=CCOC12Oc3ccc(Oc4ccc(OC)c(C=O)c4)cc3C3C(CCCCO)C(CCCCO)C=C(C(=NOC)CC1N(Cc1ccc4c(c1)OCO4)C(=O)CCC1CCCC1)C32. The highest BCUT2D eigenvalue weighted by molar-refractivity contribution is 6.03. The van der Waals surface area contributed by atoms with E-state index < -0.39 is 17.7 Å². The van der Waals surface area contributed by atoms with Crippen LogP contribution in [0.2, 0.25) is 0 Å². The summed E-state index contributed by atoms with van der Waals surface area (Å²) in [4.78, 5) is 34.8. The Kier molecular flexibility index (Phi) is 15.1. The molecule has 65 heavy (non-hydrogen) atoms. The molecule has 3 aromatic rings. The summed E-state index contributed by atoms with van der Waals surface area (Å²) in [7, 11) is 3.08. The van der Waals surface area contributed by atoms with Crippen LogP contribution in [0.5, 0.6) is 34.5 Å². The number of methoxy groups -OCH3 is 1. The van der Waals surface area contributed by atoms with Crippen molar-refractivity contribution < 1.29 is 53.1 Å². The number of carbonyl (C=O) groups is 2. The zero-order chi connectivity index (χ0) is 45.3. The zero-order valence-electron chi connectivity index (χ0n) is 37.8. The molecule has 0 saturated heterocycles. The smallest absolute Gasteiger partial charge is 0.239 e. The van der Waals surface area contributed by atoms with E-state index in [2.05, 4.69) is 12.7 Å². The van der Waals surface area contributed by atoms with Crippen molar-refractivity contribution in [3.05, 3.63) is 95.6 Å². The quantitative estimate of drug-likeness (QED) is 0.0429. The van der Waals surface area contributed by atoms with Crippen molar-refractivity contribution in [2.45, 2.75) is 108 Å². The Morgan fingerprint density at radius 1 is 0.923 bits per heavy atom. The molecule has 0 radical (unpaired) electrons. The largest absolute Gasteiger partial charge is 0.496 e. The Morgan fingerprint density at radius 3 is 2.43 bits per heavy atom. The van der Waals surface area contributed by atoms with Crippen molar-refractivity contribution in [3.8, 4) is 34.5 Å². The van der Waals surface area contributed by atoms with Crippen LogP contribution in [0.25, 0.3) is 0 Å². The molecule has 3 aromatic carbocycles. The Balaban J connectivity index is 1.30. The maximum absolute atomic E-state index is 15.2. The van der Waals surface area contributed by atoms with E-state index >= 15 is 4.79 Å². The summed E-state index contributed by atoms with van der Waals surface area (Å²) in [5, 5.41) is 24.7. The van der Waals surface area contributed by atoms with E-state index in [1.165, 1.54) is 20.0 Å². The van der Waals surface area contributed by atoms with Crippen molar-refractivity contribution >= 4 is 17.9 Å². The number of ether oxygens (including phenoxy) is 6. The van der Waals surface area contributed by atoms with Crippen LogP contribution in [0.3, 0.4) is 0 Å². The van der Waals surface area contributed by atoms with Crippen molar-refractivity contribution in [1.82, 2.24) is 4.90 Å². The van der Waals surface area contributed by atoms with Gasteiger partial charge in [0.25, 0.3) is 0 Å². The number of oxime groups is 1. The predicted molar refractivity (Wildman–Crippen MR) is 245 cm³/mol. The summed E-state index contributed by atoms with van der Waals surface area (Å²) < 4.78 is 38.0. The second-order valence-corrected chi connectivity index (χ2v) is 18.0. The number of aliphatic hydroxyl groups is 2. The Labute approximate surface area is 382 Å². The summed E-state index contributed by atoms with van der Waals surface area (Å²) in [6.07, 6.45) is 15.5. The number of carbonyl (C=O) groups excluding carboxylic acids is 2. The van der Waals surface area contributed by atoms with E-state index in [1.54, 1.807) is 31.4 Å². The Hall–Kier alpha value is -5.37. The van der Waals surface area contributed by atoms with Crippen LogP contribution in [0.1, 0.15) is 111 Å². The monoisotopic (exact) mass is 892 g/mol. The lowest BCUT2D eigenvalue weighted by Gasteiger charge is -2.60. The number of unbranched alkanes of at least 4 members (excludes halogenated alkanes) is 2. The molecular weight excluding hydrogens is 829 g/mol. The van der Waals surface area contributed by atoms with Gasteiger partial charge in [-0.15, -0.1) is 6.58 Å². The molecule has 6 unspecified atom stereocenters. The Bertz CT molecular complexity index is 2220. The van der Waals surface area contributed by atoms with Crippen LogP contribution in [-0.4, -0.2) is 85.7 Å². The summed E-state index contributed by atoms with van der Waals surface area (Å²) in [5.41, 5.74) is 3.86. The molecule has 8 rings (SSSR count). The molecule has 5 aliphatic rings. The second-order valence-electron chi connectivity index (χ2n) is 18.0. The standard InChI is InChI=1S/C52H64N2O11/c1-4-25-63-52-48(54(49(58)22-16-34-11-5-6-12-34)31-35-15-19-46-47(26-35)62-33-61-46)30-43(53-60-3)41-28-36(13-7-9-23-55)40(14-8-10-24-56)50(51(41)52)42-29-39(18-21-45(42)65-52)64-38-17-20-44(59-2)37(27-38)32-57/h4,15,17-21,26-29,32,34,36,40,48,50-51,55-56H,1,5-14,16,22-25,30-31,33H2,2-3H3. The maximum atomic E-state index is 15.2. The third-order valence-corrected chi connectivity index (χ3v) is 14.1. The van der Waals surface area contributed by atoms with E-state index in [1.807, 2.05) is 41.3 Å². The fraction of sp³-hybridized carbons (Fsp3) is 0.519. The van der Waals surface area contributed by atoms with Crippen molar-refractivity contribution in [1.29, 1.82) is 0 Å². The lowest BCUT2D eigenvalue weighted by molar-refractivity contribution is -0.258. The third-order valence-electron chi connectivity index (χ3n) is 14.1. The number of amides is 1. The van der Waals surface area contributed by atoms with E-state index in [-0.39, 0.29) is 56.8 Å². The molecule has 0 spiro atoms. The molecule has 0 bridgehead atoms. The van der Waals surface area contributed by atoms with E-state index in [4.69, 9.17) is 38.4 Å². The maximum Gasteiger partial charge on any atom is 0.239 e. The van der Waals surface area contributed by atoms with E-state index in [9.17, 15) is 15.0 Å². The van der Waals surface area contributed by atoms with Gasteiger partial charge in [-0.3, -0.25) is 9.59 Å². The van der Waals surface area contributed by atoms with Gasteiger partial charge in [0.05, 0.1) is 30.9 Å². The zero-order valence-corrected chi connectivity index (χ0v) is 37.8. The second kappa shape index (κ2) is 21.3. The number of nitrogens with zero attached hydrogens (tertiary/aromatic N) is 2. The number of rotatable bonds is 22. The average Bonchev–Trinajstić information content (AvgIpc) is 4.04. The molecule has 2 heterocycles. The average molecular weight is 893 g/mol. The number of hydrogen-bond acceptors (Lipinski definition) is 12. The van der Waals surface area contributed by atoms with Crippen molar-refractivity contribution in [2.75, 3.05) is 40.8 Å². The number of fused-ring (bicyclic) bond motifs is 3. The van der Waals surface area contributed by atoms with Crippen molar-refractivity contribution in [2.24, 2.45) is 28.8 Å². The number of benzene rings is 3. The molecule has 348 valence electrons. The summed E-state index contributed by atoms with van der Waals surface area (Å²) in [6, 6.07) is 16.1. The highest BCUT2D eigenvalue weighted by Crippen LogP contribution is 2.62. The molecule has 2 fully saturated rings. The van der Waals surface area contributed by atoms with Gasteiger partial charge in [-0.25, -0.2) is 0 Å². The first-order valence-electron chi connectivity index (χ1n) is 23.4. The van der Waals surface area contributed by atoms with Crippen LogP contribution < -0.4 is 23.7 Å². The molecule has 13 nitrogen and oxygen atoms in total. The molecule has 1 amide bonds. The summed E-state index contributed by atoms with van der Waals surface area (Å²) >= 11 is 0. The van der Waals surface area contributed by atoms with Crippen LogP contribution >= 0.6 is 0 Å². The topological polar surface area (TPSA) is 155 Å². The number of hydrogen-bond donors (Lipinski definition) is 2. The van der Waals surface area contributed by atoms with Gasteiger partial charge >= 0.3 is 0 Å². The highest BCUT2D eigenvalue weighted by Gasteiger charge is 2.65. The Morgan fingerprint density at radius 2 is 1.68 bits per heavy atom. The van der Waals surface area contributed by atoms with Gasteiger partial charge < -0.3 is 48.4 Å². The molecule has 3 aliphatic carbocycles. The van der Waals surface area contributed by atoms with Crippen LogP contribution in [0.4, 0.5) is 0 Å². The predicted octanol–water partition coefficient (Wildman–Crippen LogP) is 9.29. The number of allylic oxidation sites excluding steroid dienone is 1. The van der Waals surface area contributed by atoms with Gasteiger partial charge in [-0.2, -0.15) is 0 Å². The molecule has 13 heteroatoms. The number of aldehydes is 1. The van der Waals surface area contributed by atoms with E-state index in [0.29, 0.717) is 71.7 Å². The minimum Gasteiger partial charge on any atom is -0.496 e. The minimum absolute atomic E-state index is 0.00593. The normalized spacial score (nSPS) is 24.6. The van der Waals surface area contributed by atoms with Crippen molar-refractivity contribution in [3.63, 3.8) is 0 Å². The van der Waals surface area contributed by atoms with Gasteiger partial charge in [0, 0.05) is 44.1 Å². The molecule has 0 aromatic heterocycles. The van der Waals surface area contributed by atoms with Gasteiger partial charge in [0.15, 0.2) is 17.8 Å². The van der Waals surface area contributed by atoms with Gasteiger partial charge in [0.1, 0.15) is 36.1 Å². The lowest BCUT2D eigenvalue weighted by Crippen LogP contribution is -2.70. The third kappa shape index (κ3) is 9.78. The van der Waals surface area contributed by atoms with Crippen LogP contribution in [-0.2, 0) is 20.9 Å².